The SMILES string of the molecule is COc1ccccc1-c1nnc(SCC(=O)N[C@H](C)CCC(C)C)n1N. The molecule has 0 radical (unpaired) electrons. The Morgan fingerprint density at radius 2 is 2.00 bits per heavy atom. The Labute approximate surface area is 158 Å². The van der Waals surface area contributed by atoms with Crippen LogP contribution in [-0.4, -0.2) is 39.7 Å². The predicted molar refractivity (Wildman–Crippen MR) is 105 cm³/mol. The van der Waals surface area contributed by atoms with Gasteiger partial charge in [0.05, 0.1) is 18.4 Å². The number of nitrogen functional groups attached to an aromatic ring is 1. The van der Waals surface area contributed by atoms with Crippen molar-refractivity contribution < 1.29 is 9.53 Å². The molecule has 0 aliphatic carbocycles. The molecule has 0 saturated heterocycles. The maximum Gasteiger partial charge on any atom is 0.230 e. The Bertz CT molecular complexity index is 732. The van der Waals surface area contributed by atoms with Crippen LogP contribution in [0.25, 0.3) is 11.4 Å². The van der Waals surface area contributed by atoms with E-state index in [-0.39, 0.29) is 17.7 Å². The van der Waals surface area contributed by atoms with Gasteiger partial charge < -0.3 is 15.9 Å². The van der Waals surface area contributed by atoms with Crippen LogP contribution in [0.1, 0.15) is 33.6 Å². The highest BCUT2D eigenvalue weighted by atomic mass is 32.2. The van der Waals surface area contributed by atoms with E-state index in [4.69, 9.17) is 10.6 Å². The molecule has 8 heteroatoms. The number of hydrogen-bond acceptors (Lipinski definition) is 6. The van der Waals surface area contributed by atoms with Gasteiger partial charge in [-0.25, -0.2) is 4.68 Å². The predicted octanol–water partition coefficient (Wildman–Crippen LogP) is 2.70. The van der Waals surface area contributed by atoms with Gasteiger partial charge >= 0.3 is 0 Å². The zero-order valence-corrected chi connectivity index (χ0v) is 16.5. The van der Waals surface area contributed by atoms with Crippen molar-refractivity contribution in [3.63, 3.8) is 0 Å². The number of thioether (sulfide) groups is 1. The minimum Gasteiger partial charge on any atom is -0.496 e. The van der Waals surface area contributed by atoms with Gasteiger partial charge in [-0.05, 0) is 37.8 Å². The zero-order chi connectivity index (χ0) is 19.1. The number of nitrogens with two attached hydrogens (primary N) is 1. The molecule has 7 nitrogen and oxygen atoms in total. The number of carbonyl (C=O) groups is 1. The fraction of sp³-hybridized carbons (Fsp3) is 0.500. The van der Waals surface area contributed by atoms with Gasteiger partial charge in [-0.15, -0.1) is 10.2 Å². The molecule has 2 rings (SSSR count). The number of rotatable bonds is 9. The lowest BCUT2D eigenvalue weighted by Crippen LogP contribution is -2.34. The van der Waals surface area contributed by atoms with Gasteiger partial charge in [0.1, 0.15) is 5.75 Å². The van der Waals surface area contributed by atoms with Gasteiger partial charge in [0, 0.05) is 6.04 Å². The molecule has 0 aliphatic rings. The maximum absolute atomic E-state index is 12.1. The van der Waals surface area contributed by atoms with Crippen LogP contribution in [0.15, 0.2) is 29.4 Å². The number of nitrogens with one attached hydrogen (secondary N) is 1. The number of nitrogens with zero attached hydrogens (tertiary/aromatic N) is 3. The topological polar surface area (TPSA) is 95.1 Å². The number of para-hydroxylation sites is 1. The Morgan fingerprint density at radius 1 is 1.27 bits per heavy atom. The highest BCUT2D eigenvalue weighted by Crippen LogP contribution is 2.29. The molecule has 1 amide bonds. The van der Waals surface area contributed by atoms with E-state index >= 15 is 0 Å². The van der Waals surface area contributed by atoms with Crippen molar-refractivity contribution in [2.24, 2.45) is 5.92 Å². The Morgan fingerprint density at radius 3 is 2.69 bits per heavy atom. The summed E-state index contributed by atoms with van der Waals surface area (Å²) in [6, 6.07) is 7.61. The third-order valence-electron chi connectivity index (χ3n) is 3.93. The van der Waals surface area contributed by atoms with E-state index in [0.29, 0.717) is 22.6 Å². The van der Waals surface area contributed by atoms with Crippen molar-refractivity contribution in [3.05, 3.63) is 24.3 Å². The van der Waals surface area contributed by atoms with Crippen LogP contribution in [0.5, 0.6) is 5.75 Å². The van der Waals surface area contributed by atoms with Crippen molar-refractivity contribution in [1.29, 1.82) is 0 Å². The first-order valence-corrected chi connectivity index (χ1v) is 9.67. The van der Waals surface area contributed by atoms with Crippen LogP contribution in [-0.2, 0) is 4.79 Å². The molecule has 1 aromatic heterocycles. The second-order valence-corrected chi connectivity index (χ2v) is 7.55. The Hall–Kier alpha value is -2.22. The van der Waals surface area contributed by atoms with Gasteiger partial charge in [-0.2, -0.15) is 0 Å². The quantitative estimate of drug-likeness (QED) is 0.515. The minimum absolute atomic E-state index is 0.0342. The lowest BCUT2D eigenvalue weighted by molar-refractivity contribution is -0.119. The van der Waals surface area contributed by atoms with Gasteiger partial charge in [0.25, 0.3) is 0 Å². The summed E-state index contributed by atoms with van der Waals surface area (Å²) in [5, 5.41) is 11.7. The Balaban J connectivity index is 1.95. The van der Waals surface area contributed by atoms with E-state index in [9.17, 15) is 4.79 Å². The van der Waals surface area contributed by atoms with Gasteiger partial charge in [-0.3, -0.25) is 4.79 Å². The van der Waals surface area contributed by atoms with Crippen molar-refractivity contribution in [3.8, 4) is 17.1 Å². The fourth-order valence-corrected chi connectivity index (χ4v) is 3.16. The summed E-state index contributed by atoms with van der Waals surface area (Å²) in [4.78, 5) is 12.1. The molecular weight excluding hydrogens is 350 g/mol. The first-order chi connectivity index (χ1) is 12.4. The summed E-state index contributed by atoms with van der Waals surface area (Å²) < 4.78 is 6.72. The molecule has 0 aliphatic heterocycles. The number of amides is 1. The monoisotopic (exact) mass is 377 g/mol. The second-order valence-electron chi connectivity index (χ2n) is 6.60. The number of benzene rings is 1. The molecule has 0 fully saturated rings. The molecule has 26 heavy (non-hydrogen) atoms. The largest absolute Gasteiger partial charge is 0.496 e. The lowest BCUT2D eigenvalue weighted by atomic mass is 10.0. The average molecular weight is 378 g/mol. The first-order valence-electron chi connectivity index (χ1n) is 8.68. The fourth-order valence-electron chi connectivity index (χ4n) is 2.49. The van der Waals surface area contributed by atoms with Gasteiger partial charge in [0.2, 0.25) is 11.1 Å². The number of aromatic nitrogens is 3. The summed E-state index contributed by atoms with van der Waals surface area (Å²) in [5.74, 6) is 8.11. The number of methoxy groups -OCH3 is 1. The van der Waals surface area contributed by atoms with Crippen LogP contribution in [0.4, 0.5) is 0 Å². The summed E-state index contributed by atoms with van der Waals surface area (Å²) in [7, 11) is 1.59. The molecular formula is C18H27N5O2S. The summed E-state index contributed by atoms with van der Waals surface area (Å²) in [5.41, 5.74) is 0.753. The average Bonchev–Trinajstić information content (AvgIpc) is 2.98. The second kappa shape index (κ2) is 9.47. The smallest absolute Gasteiger partial charge is 0.230 e. The molecule has 0 saturated carbocycles. The Kier molecular flexibility index (Phi) is 7.32. The summed E-state index contributed by atoms with van der Waals surface area (Å²) in [6.07, 6.45) is 2.06. The van der Waals surface area contributed by atoms with Crippen LogP contribution < -0.4 is 15.9 Å². The van der Waals surface area contributed by atoms with Crippen molar-refractivity contribution in [2.75, 3.05) is 18.7 Å². The van der Waals surface area contributed by atoms with Crippen molar-refractivity contribution in [2.45, 2.75) is 44.8 Å². The van der Waals surface area contributed by atoms with E-state index in [0.717, 1.165) is 18.4 Å². The third-order valence-corrected chi connectivity index (χ3v) is 4.87. The maximum atomic E-state index is 12.1. The molecule has 1 heterocycles. The highest BCUT2D eigenvalue weighted by Gasteiger charge is 2.17. The standard InChI is InChI=1S/C18H27N5O2S/c1-12(2)9-10-13(3)20-16(24)11-26-18-22-21-17(23(18)19)14-7-5-6-8-15(14)25-4/h5-8,12-13H,9-11,19H2,1-4H3,(H,20,24)/t13-/m1/s1. The van der Waals surface area contributed by atoms with Crippen LogP contribution >= 0.6 is 11.8 Å². The molecule has 2 aromatic rings. The van der Waals surface area contributed by atoms with E-state index in [1.165, 1.54) is 16.4 Å². The normalized spacial score (nSPS) is 12.2. The van der Waals surface area contributed by atoms with Crippen molar-refractivity contribution >= 4 is 17.7 Å². The molecule has 0 bridgehead atoms. The number of carbonyl (C=O) groups excluding carboxylic acids is 1. The number of ether oxygens (including phenoxy) is 1. The van der Waals surface area contributed by atoms with Crippen LogP contribution in [0.3, 0.4) is 0 Å². The molecule has 0 spiro atoms. The number of hydrogen-bond donors (Lipinski definition) is 2. The van der Waals surface area contributed by atoms with E-state index in [1.807, 2.05) is 31.2 Å². The third kappa shape index (κ3) is 5.39. The minimum atomic E-state index is -0.0342. The van der Waals surface area contributed by atoms with Crippen LogP contribution in [0, 0.1) is 5.92 Å². The summed E-state index contributed by atoms with van der Waals surface area (Å²) >= 11 is 1.26. The highest BCUT2D eigenvalue weighted by molar-refractivity contribution is 7.99. The van der Waals surface area contributed by atoms with E-state index < -0.39 is 0 Å². The molecule has 1 atom stereocenters. The van der Waals surface area contributed by atoms with Gasteiger partial charge in [0.15, 0.2) is 5.82 Å². The molecule has 1 aromatic carbocycles. The molecule has 3 N–H and O–H groups in total. The van der Waals surface area contributed by atoms with E-state index in [2.05, 4.69) is 29.4 Å². The van der Waals surface area contributed by atoms with E-state index in [1.54, 1.807) is 7.11 Å². The van der Waals surface area contributed by atoms with Crippen LogP contribution in [0.2, 0.25) is 0 Å². The van der Waals surface area contributed by atoms with Gasteiger partial charge in [-0.1, -0.05) is 37.7 Å². The van der Waals surface area contributed by atoms with Crippen molar-refractivity contribution in [1.82, 2.24) is 20.2 Å². The molecule has 142 valence electrons. The molecule has 0 unspecified atom stereocenters. The summed E-state index contributed by atoms with van der Waals surface area (Å²) in [6.45, 7) is 6.38. The lowest BCUT2D eigenvalue weighted by Gasteiger charge is -2.14. The first kappa shape index (κ1) is 20.1. The zero-order valence-electron chi connectivity index (χ0n) is 15.7.